The molecule has 0 atom stereocenters. The van der Waals surface area contributed by atoms with Gasteiger partial charge in [0.25, 0.3) is 0 Å². The van der Waals surface area contributed by atoms with Crippen LogP contribution in [0.5, 0.6) is 0 Å². The zero-order valence-corrected chi connectivity index (χ0v) is 10.6. The van der Waals surface area contributed by atoms with Gasteiger partial charge in [0.1, 0.15) is 0 Å². The van der Waals surface area contributed by atoms with Gasteiger partial charge in [-0.25, -0.2) is 13.9 Å². The first-order valence-electron chi connectivity index (χ1n) is 5.58. The molecule has 2 aromatic heterocycles. The quantitative estimate of drug-likeness (QED) is 0.712. The number of benzene rings is 1. The summed E-state index contributed by atoms with van der Waals surface area (Å²) in [5, 5.41) is 4.69. The van der Waals surface area contributed by atoms with Gasteiger partial charge in [0, 0.05) is 12.4 Å². The first-order chi connectivity index (χ1) is 9.15. The van der Waals surface area contributed by atoms with Gasteiger partial charge >= 0.3 is 5.69 Å². The van der Waals surface area contributed by atoms with Crippen LogP contribution in [0, 0.1) is 0 Å². The molecule has 3 rings (SSSR count). The zero-order chi connectivity index (χ0) is 13.4. The molecule has 6 nitrogen and oxygen atoms in total. The second kappa shape index (κ2) is 4.40. The van der Waals surface area contributed by atoms with E-state index in [0.29, 0.717) is 22.9 Å². The van der Waals surface area contributed by atoms with Crippen molar-refractivity contribution in [3.8, 4) is 0 Å². The third kappa shape index (κ3) is 2.06. The Labute approximate surface area is 113 Å². The van der Waals surface area contributed by atoms with E-state index < -0.39 is 0 Å². The number of nitrogen functional groups attached to an aromatic ring is 1. The first kappa shape index (κ1) is 11.7. The fourth-order valence-corrected chi connectivity index (χ4v) is 1.97. The number of anilines is 1. The summed E-state index contributed by atoms with van der Waals surface area (Å²) < 4.78 is 2.80. The van der Waals surface area contributed by atoms with Gasteiger partial charge in [-0.1, -0.05) is 17.7 Å². The molecular weight excluding hydrogens is 266 g/mol. The van der Waals surface area contributed by atoms with E-state index in [1.54, 1.807) is 24.5 Å². The van der Waals surface area contributed by atoms with Crippen molar-refractivity contribution in [2.45, 2.75) is 6.54 Å². The van der Waals surface area contributed by atoms with E-state index in [9.17, 15) is 4.79 Å². The molecule has 0 saturated carbocycles. The average molecular weight is 276 g/mol. The minimum absolute atomic E-state index is 0.217. The lowest BCUT2D eigenvalue weighted by molar-refractivity contribution is 0.659. The van der Waals surface area contributed by atoms with Crippen LogP contribution in [0.2, 0.25) is 5.02 Å². The van der Waals surface area contributed by atoms with E-state index in [-0.39, 0.29) is 5.69 Å². The predicted molar refractivity (Wildman–Crippen MR) is 72.2 cm³/mol. The fraction of sp³-hybridized carbons (Fsp3) is 0.0833. The number of hydrogen-bond acceptors (Lipinski definition) is 4. The number of aromatic nitrogens is 4. The van der Waals surface area contributed by atoms with Crippen LogP contribution in [0.15, 0.2) is 41.6 Å². The monoisotopic (exact) mass is 275 g/mol. The molecule has 2 heterocycles. The summed E-state index contributed by atoms with van der Waals surface area (Å²) in [5.41, 5.74) is 7.37. The van der Waals surface area contributed by atoms with E-state index in [1.165, 1.54) is 15.3 Å². The summed E-state index contributed by atoms with van der Waals surface area (Å²) >= 11 is 5.86. The minimum atomic E-state index is -0.217. The van der Waals surface area contributed by atoms with Crippen LogP contribution in [0.4, 0.5) is 5.69 Å². The highest BCUT2D eigenvalue weighted by molar-refractivity contribution is 6.33. The molecule has 7 heteroatoms. The van der Waals surface area contributed by atoms with E-state index in [1.807, 2.05) is 6.07 Å². The molecule has 96 valence electrons. The number of rotatable bonds is 2. The van der Waals surface area contributed by atoms with Crippen molar-refractivity contribution in [1.29, 1.82) is 0 Å². The van der Waals surface area contributed by atoms with Gasteiger partial charge in [0.05, 0.1) is 23.5 Å². The third-order valence-electron chi connectivity index (χ3n) is 2.78. The number of halogens is 1. The lowest BCUT2D eigenvalue weighted by Gasteiger charge is -2.03. The van der Waals surface area contributed by atoms with Crippen LogP contribution in [-0.4, -0.2) is 19.2 Å². The highest BCUT2D eigenvalue weighted by Gasteiger charge is 2.07. The molecule has 0 amide bonds. The maximum Gasteiger partial charge on any atom is 0.350 e. The molecule has 0 aliphatic rings. The molecule has 0 unspecified atom stereocenters. The summed E-state index contributed by atoms with van der Waals surface area (Å²) in [6.07, 6.45) is 4.66. The molecular formula is C12H10ClN5O. The molecule has 0 aliphatic heterocycles. The molecule has 3 aromatic rings. The zero-order valence-electron chi connectivity index (χ0n) is 9.82. The number of nitrogens with two attached hydrogens (primary N) is 1. The lowest BCUT2D eigenvalue weighted by atomic mass is 10.2. The van der Waals surface area contributed by atoms with Crippen molar-refractivity contribution in [3.63, 3.8) is 0 Å². The van der Waals surface area contributed by atoms with Crippen LogP contribution in [0.3, 0.4) is 0 Å². The molecule has 1 aromatic carbocycles. The Hall–Kier alpha value is -2.34. The molecule has 2 N–H and O–H groups in total. The van der Waals surface area contributed by atoms with Gasteiger partial charge in [-0.3, -0.25) is 4.98 Å². The van der Waals surface area contributed by atoms with Gasteiger partial charge in [0.2, 0.25) is 0 Å². The predicted octanol–water partition coefficient (Wildman–Crippen LogP) is 1.17. The molecule has 0 radical (unpaired) electrons. The van der Waals surface area contributed by atoms with Crippen molar-refractivity contribution in [1.82, 2.24) is 19.2 Å². The maximum absolute atomic E-state index is 12.1. The molecule has 0 fully saturated rings. The van der Waals surface area contributed by atoms with Gasteiger partial charge in [-0.05, 0) is 17.7 Å². The Morgan fingerprint density at radius 2 is 2.21 bits per heavy atom. The topological polar surface area (TPSA) is 78.2 Å². The van der Waals surface area contributed by atoms with E-state index in [2.05, 4.69) is 10.1 Å². The summed E-state index contributed by atoms with van der Waals surface area (Å²) in [6, 6.07) is 5.25. The van der Waals surface area contributed by atoms with Gasteiger partial charge in [-0.2, -0.15) is 0 Å². The van der Waals surface area contributed by atoms with Crippen LogP contribution < -0.4 is 11.4 Å². The third-order valence-corrected chi connectivity index (χ3v) is 3.13. The maximum atomic E-state index is 12.1. The van der Waals surface area contributed by atoms with Crippen LogP contribution in [0.25, 0.3) is 5.65 Å². The standard InChI is InChI=1S/C12H10ClN5O/c13-9-2-1-8(5-10(9)14)7-18-12(19)17-4-3-15-6-11(17)16-18/h1-6H,7,14H2. The van der Waals surface area contributed by atoms with Crippen LogP contribution in [-0.2, 0) is 6.54 Å². The minimum Gasteiger partial charge on any atom is -0.398 e. The summed E-state index contributed by atoms with van der Waals surface area (Å²) in [5.74, 6) is 0. The first-order valence-corrected chi connectivity index (χ1v) is 5.96. The SMILES string of the molecule is Nc1cc(Cn2nc3cnccn3c2=O)ccc1Cl. The Balaban J connectivity index is 2.03. The number of nitrogens with zero attached hydrogens (tertiary/aromatic N) is 4. The Morgan fingerprint density at radius 3 is 2.95 bits per heavy atom. The molecule has 0 saturated heterocycles. The summed E-state index contributed by atoms with van der Waals surface area (Å²) in [7, 11) is 0. The second-order valence-corrected chi connectivity index (χ2v) is 4.51. The van der Waals surface area contributed by atoms with E-state index in [0.717, 1.165) is 5.56 Å². The molecule has 0 bridgehead atoms. The van der Waals surface area contributed by atoms with Crippen LogP contribution in [0.1, 0.15) is 5.56 Å². The van der Waals surface area contributed by atoms with Crippen molar-refractivity contribution in [2.75, 3.05) is 5.73 Å². The largest absolute Gasteiger partial charge is 0.398 e. The molecule has 19 heavy (non-hydrogen) atoms. The van der Waals surface area contributed by atoms with Crippen LogP contribution >= 0.6 is 11.6 Å². The lowest BCUT2D eigenvalue weighted by Crippen LogP contribution is -2.21. The summed E-state index contributed by atoms with van der Waals surface area (Å²) in [4.78, 5) is 16.0. The average Bonchev–Trinajstić information content (AvgIpc) is 2.72. The van der Waals surface area contributed by atoms with Gasteiger partial charge in [0.15, 0.2) is 5.65 Å². The number of fused-ring (bicyclic) bond motifs is 1. The van der Waals surface area contributed by atoms with Crippen molar-refractivity contribution in [2.24, 2.45) is 0 Å². The smallest absolute Gasteiger partial charge is 0.350 e. The fourth-order valence-electron chi connectivity index (χ4n) is 1.85. The Bertz CT molecular complexity index is 807. The van der Waals surface area contributed by atoms with Crippen molar-refractivity contribution < 1.29 is 0 Å². The normalized spacial score (nSPS) is 11.0. The Kier molecular flexibility index (Phi) is 2.72. The van der Waals surface area contributed by atoms with E-state index >= 15 is 0 Å². The number of hydrogen-bond donors (Lipinski definition) is 1. The highest BCUT2D eigenvalue weighted by atomic mass is 35.5. The van der Waals surface area contributed by atoms with Gasteiger partial charge < -0.3 is 5.73 Å². The summed E-state index contributed by atoms with van der Waals surface area (Å²) in [6.45, 7) is 0.335. The molecule has 0 spiro atoms. The highest BCUT2D eigenvalue weighted by Crippen LogP contribution is 2.19. The van der Waals surface area contributed by atoms with Crippen molar-refractivity contribution in [3.05, 3.63) is 57.9 Å². The Morgan fingerprint density at radius 1 is 1.37 bits per heavy atom. The van der Waals surface area contributed by atoms with E-state index in [4.69, 9.17) is 17.3 Å². The van der Waals surface area contributed by atoms with Gasteiger partial charge in [-0.15, -0.1) is 5.10 Å². The van der Waals surface area contributed by atoms with Crippen molar-refractivity contribution >= 4 is 22.9 Å². The molecule has 0 aliphatic carbocycles. The second-order valence-electron chi connectivity index (χ2n) is 4.10.